The van der Waals surface area contributed by atoms with Crippen molar-refractivity contribution in [1.29, 1.82) is 0 Å². The number of hydrogen-bond acceptors (Lipinski definition) is 6. The van der Waals surface area contributed by atoms with Gasteiger partial charge in [-0.3, -0.25) is 14.4 Å². The zero-order valence-electron chi connectivity index (χ0n) is 25.6. The summed E-state index contributed by atoms with van der Waals surface area (Å²) >= 11 is 0. The number of aliphatic hydroxyl groups excluding tert-OH is 2. The number of carbonyl (C=O) groups excluding carboxylic acids is 3. The minimum atomic E-state index is -1.37. The number of ether oxygens (including phenoxy) is 1. The van der Waals surface area contributed by atoms with Crippen LogP contribution in [0.3, 0.4) is 0 Å². The number of nitrogens with one attached hydrogen (secondary N) is 2. The number of amides is 2. The third-order valence-electron chi connectivity index (χ3n) is 7.06. The fraction of sp³-hybridized carbons (Fsp3) is 0.667. The molecule has 0 aliphatic carbocycles. The largest absolute Gasteiger partial charge is 0.427 e. The number of unbranched alkanes of at least 4 members (excludes halogenated alkanes) is 11. The summed E-state index contributed by atoms with van der Waals surface area (Å²) in [5.74, 6) is -0.782. The second-order valence-corrected chi connectivity index (χ2v) is 11.5. The molecule has 0 fully saturated rings. The highest BCUT2D eigenvalue weighted by Gasteiger charge is 2.32. The normalized spacial score (nSPS) is 12.3. The van der Waals surface area contributed by atoms with E-state index in [9.17, 15) is 24.6 Å². The lowest BCUT2D eigenvalue weighted by Gasteiger charge is -2.27. The first-order chi connectivity index (χ1) is 19.7. The van der Waals surface area contributed by atoms with E-state index in [2.05, 4.69) is 29.7 Å². The summed E-state index contributed by atoms with van der Waals surface area (Å²) < 4.78 is 5.39. The molecule has 8 heteroatoms. The predicted molar refractivity (Wildman–Crippen MR) is 165 cm³/mol. The van der Waals surface area contributed by atoms with Crippen molar-refractivity contribution in [2.24, 2.45) is 5.41 Å². The van der Waals surface area contributed by atoms with Crippen molar-refractivity contribution in [3.05, 3.63) is 36.4 Å². The van der Waals surface area contributed by atoms with E-state index in [0.29, 0.717) is 17.9 Å². The highest BCUT2D eigenvalue weighted by atomic mass is 16.5. The second-order valence-electron chi connectivity index (χ2n) is 11.5. The summed E-state index contributed by atoms with van der Waals surface area (Å²) in [7, 11) is 0. The van der Waals surface area contributed by atoms with Gasteiger partial charge in [0.05, 0.1) is 6.61 Å². The van der Waals surface area contributed by atoms with Gasteiger partial charge < -0.3 is 25.6 Å². The van der Waals surface area contributed by atoms with Crippen molar-refractivity contribution in [1.82, 2.24) is 5.32 Å². The number of aliphatic hydroxyl groups is 2. The molecule has 0 aromatic heterocycles. The molecule has 0 spiro atoms. The third kappa shape index (κ3) is 17.7. The van der Waals surface area contributed by atoms with Crippen LogP contribution in [0.25, 0.3) is 0 Å². The Kier molecular flexibility index (Phi) is 19.5. The molecule has 1 aromatic rings. The van der Waals surface area contributed by atoms with Crippen molar-refractivity contribution in [3.63, 3.8) is 0 Å². The zero-order chi connectivity index (χ0) is 30.3. The van der Waals surface area contributed by atoms with E-state index in [1.54, 1.807) is 38.1 Å². The maximum atomic E-state index is 12.1. The Morgan fingerprint density at radius 1 is 0.854 bits per heavy atom. The first-order valence-corrected chi connectivity index (χ1v) is 15.5. The molecule has 0 heterocycles. The Bertz CT molecular complexity index is 897. The van der Waals surface area contributed by atoms with Gasteiger partial charge in [-0.25, -0.2) is 0 Å². The molecule has 1 aromatic carbocycles. The molecule has 1 unspecified atom stereocenters. The number of rotatable bonds is 23. The van der Waals surface area contributed by atoms with Gasteiger partial charge in [-0.1, -0.05) is 84.3 Å². The average molecular weight is 575 g/mol. The Morgan fingerprint density at radius 3 is 2.00 bits per heavy atom. The van der Waals surface area contributed by atoms with Gasteiger partial charge in [0.25, 0.3) is 0 Å². The van der Waals surface area contributed by atoms with E-state index < -0.39 is 17.4 Å². The Hall–Kier alpha value is -2.71. The van der Waals surface area contributed by atoms with Crippen molar-refractivity contribution >= 4 is 23.5 Å². The molecule has 4 N–H and O–H groups in total. The van der Waals surface area contributed by atoms with Crippen LogP contribution < -0.4 is 15.4 Å². The van der Waals surface area contributed by atoms with E-state index in [4.69, 9.17) is 4.74 Å². The SMILES string of the molecule is CCCCCCCC/C=C\CCCCCCCC(=O)Oc1ccc(NC(=O)CCNC(=O)C(O)C(C)(C)CO)cc1. The van der Waals surface area contributed by atoms with Gasteiger partial charge in [0.15, 0.2) is 0 Å². The Balaban J connectivity index is 2.11. The maximum Gasteiger partial charge on any atom is 0.311 e. The lowest BCUT2D eigenvalue weighted by molar-refractivity contribution is -0.137. The summed E-state index contributed by atoms with van der Waals surface area (Å²) in [6.45, 7) is 5.11. The number of allylic oxidation sites excluding steroid dienone is 2. The number of benzene rings is 1. The van der Waals surface area contributed by atoms with Gasteiger partial charge in [0.2, 0.25) is 11.8 Å². The summed E-state index contributed by atoms with van der Waals surface area (Å²) in [6.07, 6.45) is 19.4. The monoisotopic (exact) mass is 574 g/mol. The molecule has 8 nitrogen and oxygen atoms in total. The molecule has 0 saturated heterocycles. The third-order valence-corrected chi connectivity index (χ3v) is 7.06. The van der Waals surface area contributed by atoms with Crippen LogP contribution >= 0.6 is 0 Å². The fourth-order valence-electron chi connectivity index (χ4n) is 4.19. The molecular formula is C33H54N2O6. The van der Waals surface area contributed by atoms with Gasteiger partial charge >= 0.3 is 5.97 Å². The number of carbonyl (C=O) groups is 3. The van der Waals surface area contributed by atoms with E-state index in [-0.39, 0.29) is 31.4 Å². The van der Waals surface area contributed by atoms with Gasteiger partial charge in [0.1, 0.15) is 11.9 Å². The minimum Gasteiger partial charge on any atom is -0.427 e. The molecule has 0 aliphatic rings. The molecule has 41 heavy (non-hydrogen) atoms. The predicted octanol–water partition coefficient (Wildman–Crippen LogP) is 6.45. The van der Waals surface area contributed by atoms with Gasteiger partial charge in [-0.05, 0) is 56.4 Å². The molecule has 2 amide bonds. The van der Waals surface area contributed by atoms with Crippen LogP contribution in [-0.2, 0) is 14.4 Å². The van der Waals surface area contributed by atoms with E-state index in [1.165, 1.54) is 57.8 Å². The molecule has 0 saturated carbocycles. The van der Waals surface area contributed by atoms with Gasteiger partial charge in [-0.15, -0.1) is 0 Å². The van der Waals surface area contributed by atoms with E-state index in [0.717, 1.165) is 25.7 Å². The van der Waals surface area contributed by atoms with Crippen molar-refractivity contribution in [2.45, 2.75) is 123 Å². The van der Waals surface area contributed by atoms with E-state index >= 15 is 0 Å². The quantitative estimate of drug-likeness (QED) is 0.0515. The average Bonchev–Trinajstić information content (AvgIpc) is 2.95. The van der Waals surface area contributed by atoms with Crippen LogP contribution in [0, 0.1) is 5.41 Å². The van der Waals surface area contributed by atoms with Crippen molar-refractivity contribution < 1.29 is 29.3 Å². The smallest absolute Gasteiger partial charge is 0.311 e. The van der Waals surface area contributed by atoms with Crippen LogP contribution in [0.4, 0.5) is 5.69 Å². The number of esters is 1. The standard InChI is InChI=1S/C33H54N2O6/c1-4-5-6-7-8-9-10-11-12-13-14-15-16-17-18-19-30(38)41-28-22-20-27(21-23-28)35-29(37)24-25-34-32(40)31(39)33(2,3)26-36/h11-12,20-23,31,36,39H,4-10,13-19,24-26H2,1-3H3,(H,34,40)(H,35,37)/b12-11-. The van der Waals surface area contributed by atoms with Crippen molar-refractivity contribution in [2.75, 3.05) is 18.5 Å². The molecule has 1 atom stereocenters. The molecule has 0 radical (unpaired) electrons. The van der Waals surface area contributed by atoms with Crippen LogP contribution in [0.5, 0.6) is 5.75 Å². The second kappa shape index (κ2) is 22.0. The lowest BCUT2D eigenvalue weighted by atomic mass is 9.87. The molecular weight excluding hydrogens is 520 g/mol. The summed E-state index contributed by atoms with van der Waals surface area (Å²) in [4.78, 5) is 36.3. The first-order valence-electron chi connectivity index (χ1n) is 15.5. The molecule has 1 rings (SSSR count). The van der Waals surface area contributed by atoms with E-state index in [1.807, 2.05) is 0 Å². The van der Waals surface area contributed by atoms with Crippen LogP contribution in [0.2, 0.25) is 0 Å². The van der Waals surface area contributed by atoms with Crippen molar-refractivity contribution in [3.8, 4) is 5.75 Å². The number of anilines is 1. The zero-order valence-corrected chi connectivity index (χ0v) is 25.6. The van der Waals surface area contributed by atoms with Gasteiger partial charge in [-0.2, -0.15) is 0 Å². The Labute approximate surface area is 247 Å². The minimum absolute atomic E-state index is 0.0186. The summed E-state index contributed by atoms with van der Waals surface area (Å²) in [5.41, 5.74) is -0.429. The topological polar surface area (TPSA) is 125 Å². The first kappa shape index (κ1) is 36.3. The molecule has 0 bridgehead atoms. The van der Waals surface area contributed by atoms with Gasteiger partial charge in [0, 0.05) is 30.5 Å². The molecule has 232 valence electrons. The molecule has 0 aliphatic heterocycles. The number of hydrogen-bond donors (Lipinski definition) is 4. The maximum absolute atomic E-state index is 12.1. The summed E-state index contributed by atoms with van der Waals surface area (Å²) in [6, 6.07) is 6.55. The summed E-state index contributed by atoms with van der Waals surface area (Å²) in [5, 5.41) is 24.4. The Morgan fingerprint density at radius 2 is 1.41 bits per heavy atom. The van der Waals surface area contributed by atoms with Crippen LogP contribution in [0.1, 0.15) is 117 Å². The highest BCUT2D eigenvalue weighted by molar-refractivity contribution is 5.91. The van der Waals surface area contributed by atoms with Crippen LogP contribution in [-0.4, -0.2) is 47.3 Å². The fourth-order valence-corrected chi connectivity index (χ4v) is 4.19. The van der Waals surface area contributed by atoms with Crippen LogP contribution in [0.15, 0.2) is 36.4 Å². The highest BCUT2D eigenvalue weighted by Crippen LogP contribution is 2.20. The lowest BCUT2D eigenvalue weighted by Crippen LogP contribution is -2.46.